The second-order valence-corrected chi connectivity index (χ2v) is 12.3. The quantitative estimate of drug-likeness (QED) is 0.234. The van der Waals surface area contributed by atoms with E-state index in [0.29, 0.717) is 18.5 Å². The van der Waals surface area contributed by atoms with Gasteiger partial charge in [0.2, 0.25) is 0 Å². The highest BCUT2D eigenvalue weighted by Gasteiger charge is 2.72. The molecule has 0 N–H and O–H groups in total. The molecule has 0 radical (unpaired) electrons. The second-order valence-electron chi connectivity index (χ2n) is 12.3. The Bertz CT molecular complexity index is 1810. The molecule has 6 heteroatoms. The minimum atomic E-state index is -1.29. The van der Waals surface area contributed by atoms with E-state index in [4.69, 9.17) is 9.47 Å². The van der Waals surface area contributed by atoms with Crippen molar-refractivity contribution < 1.29 is 23.5 Å². The summed E-state index contributed by atoms with van der Waals surface area (Å²) in [5.74, 6) is -1.60. The zero-order chi connectivity index (χ0) is 30.8. The van der Waals surface area contributed by atoms with E-state index in [1.165, 1.54) is 6.07 Å². The molecule has 0 saturated heterocycles. The number of hydrogen-bond donors (Lipinski definition) is 0. The van der Waals surface area contributed by atoms with Crippen LogP contribution in [0, 0.1) is 5.82 Å². The first-order valence-corrected chi connectivity index (χ1v) is 15.2. The van der Waals surface area contributed by atoms with Crippen LogP contribution in [0.2, 0.25) is 0 Å². The Morgan fingerprint density at radius 3 is 1.91 bits per heavy atom. The standard InChI is InChI=1S/C38H34FNO4/c1-23(2)43-35(41)33-34(36(42)44-24(3)4)40-21-20-25-12-5-8-17-30(25)38(40,26-13-11-14-27(39)22-26)37(33)31-18-9-6-15-28(31)29-16-7-10-19-32(29)37/h5-19,22-24H,20-21H2,1-4H3. The highest BCUT2D eigenvalue weighted by atomic mass is 19.1. The number of esters is 2. The summed E-state index contributed by atoms with van der Waals surface area (Å²) in [5, 5.41) is 0. The topological polar surface area (TPSA) is 55.8 Å². The fourth-order valence-electron chi connectivity index (χ4n) is 7.95. The first-order valence-electron chi connectivity index (χ1n) is 15.2. The van der Waals surface area contributed by atoms with Crippen LogP contribution in [-0.2, 0) is 36.4 Å². The lowest BCUT2D eigenvalue weighted by molar-refractivity contribution is -0.147. The Balaban J connectivity index is 1.75. The maximum absolute atomic E-state index is 15.5. The molecule has 1 atom stereocenters. The molecule has 7 rings (SSSR count). The van der Waals surface area contributed by atoms with E-state index in [-0.39, 0.29) is 11.3 Å². The zero-order valence-electron chi connectivity index (χ0n) is 25.3. The van der Waals surface area contributed by atoms with Crippen LogP contribution in [0.4, 0.5) is 4.39 Å². The summed E-state index contributed by atoms with van der Waals surface area (Å²) in [4.78, 5) is 31.2. The maximum atomic E-state index is 15.5. The fraction of sp³-hybridized carbons (Fsp3) is 0.263. The Morgan fingerprint density at radius 1 is 0.727 bits per heavy atom. The number of carbonyl (C=O) groups excluding carboxylic acids is 2. The molecule has 0 saturated carbocycles. The number of fused-ring (bicyclic) bond motifs is 9. The first kappa shape index (κ1) is 28.1. The molecule has 2 heterocycles. The molecule has 1 unspecified atom stereocenters. The average molecular weight is 588 g/mol. The van der Waals surface area contributed by atoms with E-state index in [9.17, 15) is 9.59 Å². The van der Waals surface area contributed by atoms with Gasteiger partial charge in [0.05, 0.1) is 23.2 Å². The molecule has 1 spiro atoms. The van der Waals surface area contributed by atoms with Crippen LogP contribution in [0.5, 0.6) is 0 Å². The molecule has 222 valence electrons. The van der Waals surface area contributed by atoms with E-state index in [0.717, 1.165) is 33.4 Å². The number of hydrogen-bond acceptors (Lipinski definition) is 5. The summed E-state index contributed by atoms with van der Waals surface area (Å²) < 4.78 is 27.4. The number of benzene rings is 4. The monoisotopic (exact) mass is 587 g/mol. The van der Waals surface area contributed by atoms with Crippen molar-refractivity contribution in [2.24, 2.45) is 0 Å². The predicted molar refractivity (Wildman–Crippen MR) is 166 cm³/mol. The lowest BCUT2D eigenvalue weighted by Gasteiger charge is -2.54. The zero-order valence-corrected chi connectivity index (χ0v) is 25.3. The van der Waals surface area contributed by atoms with Crippen LogP contribution in [0.3, 0.4) is 0 Å². The third-order valence-electron chi connectivity index (χ3n) is 9.12. The van der Waals surface area contributed by atoms with E-state index in [2.05, 4.69) is 24.3 Å². The summed E-state index contributed by atoms with van der Waals surface area (Å²) in [6, 6.07) is 30.7. The van der Waals surface area contributed by atoms with Gasteiger partial charge in [0.15, 0.2) is 0 Å². The number of nitrogens with zero attached hydrogens (tertiary/aromatic N) is 1. The molecule has 0 aromatic heterocycles. The third kappa shape index (κ3) is 3.63. The van der Waals surface area contributed by atoms with Gasteiger partial charge in [-0.3, -0.25) is 0 Å². The van der Waals surface area contributed by atoms with Crippen LogP contribution < -0.4 is 0 Å². The lowest BCUT2D eigenvalue weighted by atomic mass is 9.54. The van der Waals surface area contributed by atoms with Crippen molar-refractivity contribution in [1.82, 2.24) is 4.90 Å². The van der Waals surface area contributed by atoms with E-state index < -0.39 is 40.9 Å². The fourth-order valence-corrected chi connectivity index (χ4v) is 7.95. The molecule has 5 nitrogen and oxygen atoms in total. The molecule has 2 aliphatic heterocycles. The number of rotatable bonds is 5. The van der Waals surface area contributed by atoms with Crippen LogP contribution >= 0.6 is 0 Å². The van der Waals surface area contributed by atoms with Crippen LogP contribution in [-0.4, -0.2) is 35.6 Å². The van der Waals surface area contributed by atoms with Gasteiger partial charge in [0, 0.05) is 6.54 Å². The van der Waals surface area contributed by atoms with Crippen LogP contribution in [0.1, 0.15) is 55.5 Å². The van der Waals surface area contributed by atoms with Crippen molar-refractivity contribution in [3.8, 4) is 11.1 Å². The van der Waals surface area contributed by atoms with Crippen molar-refractivity contribution in [3.05, 3.63) is 142 Å². The minimum Gasteiger partial charge on any atom is -0.460 e. The lowest BCUT2D eigenvalue weighted by Crippen LogP contribution is -2.59. The minimum absolute atomic E-state index is 0.162. The van der Waals surface area contributed by atoms with Gasteiger partial charge >= 0.3 is 11.9 Å². The molecule has 44 heavy (non-hydrogen) atoms. The van der Waals surface area contributed by atoms with Gasteiger partial charge in [-0.25, -0.2) is 14.0 Å². The van der Waals surface area contributed by atoms with Gasteiger partial charge < -0.3 is 14.4 Å². The highest BCUT2D eigenvalue weighted by molar-refractivity contribution is 6.08. The van der Waals surface area contributed by atoms with Gasteiger partial charge in [-0.2, -0.15) is 0 Å². The number of carbonyl (C=O) groups is 2. The number of halogens is 1. The molecule has 0 amide bonds. The average Bonchev–Trinajstić information content (AvgIpc) is 3.46. The smallest absolute Gasteiger partial charge is 0.355 e. The Kier molecular flexibility index (Phi) is 6.50. The normalized spacial score (nSPS) is 19.1. The van der Waals surface area contributed by atoms with Crippen molar-refractivity contribution in [3.63, 3.8) is 0 Å². The van der Waals surface area contributed by atoms with E-state index in [1.807, 2.05) is 59.5 Å². The predicted octanol–water partition coefficient (Wildman–Crippen LogP) is 7.07. The van der Waals surface area contributed by atoms with E-state index >= 15 is 4.39 Å². The summed E-state index contributed by atoms with van der Waals surface area (Å²) in [6.45, 7) is 7.59. The molecule has 1 aliphatic carbocycles. The van der Waals surface area contributed by atoms with Gasteiger partial charge in [-0.05, 0) is 85.2 Å². The highest BCUT2D eigenvalue weighted by Crippen LogP contribution is 2.70. The molecular weight excluding hydrogens is 553 g/mol. The van der Waals surface area contributed by atoms with Crippen molar-refractivity contribution in [2.45, 2.75) is 57.3 Å². The van der Waals surface area contributed by atoms with E-state index in [1.54, 1.807) is 39.8 Å². The van der Waals surface area contributed by atoms with Crippen molar-refractivity contribution in [2.75, 3.05) is 6.54 Å². The van der Waals surface area contributed by atoms with Crippen molar-refractivity contribution in [1.29, 1.82) is 0 Å². The van der Waals surface area contributed by atoms with Gasteiger partial charge in [-0.1, -0.05) is 84.9 Å². The second kappa shape index (κ2) is 10.2. The maximum Gasteiger partial charge on any atom is 0.355 e. The van der Waals surface area contributed by atoms with Gasteiger partial charge in [0.1, 0.15) is 17.1 Å². The summed E-state index contributed by atoms with van der Waals surface area (Å²) in [5.41, 5.74) is 4.10. The molecule has 4 aromatic rings. The largest absolute Gasteiger partial charge is 0.460 e. The number of ether oxygens (including phenoxy) is 2. The van der Waals surface area contributed by atoms with Crippen LogP contribution in [0.15, 0.2) is 108 Å². The summed E-state index contributed by atoms with van der Waals surface area (Å²) in [7, 11) is 0. The Hall–Kier alpha value is -4.71. The molecule has 0 bridgehead atoms. The third-order valence-corrected chi connectivity index (χ3v) is 9.12. The molecular formula is C38H34FNO4. The van der Waals surface area contributed by atoms with Crippen molar-refractivity contribution >= 4 is 11.9 Å². The Labute approximate surface area is 256 Å². The first-order chi connectivity index (χ1) is 21.2. The Morgan fingerprint density at radius 2 is 1.30 bits per heavy atom. The molecule has 3 aliphatic rings. The summed E-state index contributed by atoms with van der Waals surface area (Å²) >= 11 is 0. The van der Waals surface area contributed by atoms with Gasteiger partial charge in [0.25, 0.3) is 0 Å². The summed E-state index contributed by atoms with van der Waals surface area (Å²) in [6.07, 6.45) is -0.258. The SMILES string of the molecule is CC(C)OC(=O)C1=C(C(=O)OC(C)C)C2(c3ccccc3-c3ccccc32)C2(c3cccc(F)c3)c3ccccc3CCN12. The van der Waals surface area contributed by atoms with Gasteiger partial charge in [-0.15, -0.1) is 0 Å². The molecule has 4 aromatic carbocycles. The molecule has 0 fully saturated rings. The van der Waals surface area contributed by atoms with Crippen LogP contribution in [0.25, 0.3) is 11.1 Å².